The van der Waals surface area contributed by atoms with Crippen molar-refractivity contribution in [3.63, 3.8) is 0 Å². The van der Waals surface area contributed by atoms with Gasteiger partial charge in [0.2, 0.25) is 0 Å². The van der Waals surface area contributed by atoms with Crippen molar-refractivity contribution in [1.82, 2.24) is 0 Å². The van der Waals surface area contributed by atoms with Crippen molar-refractivity contribution >= 4 is 16.9 Å². The largest absolute Gasteiger partial charge is 0.573 e. The lowest BCUT2D eigenvalue weighted by Crippen LogP contribution is -2.21. The molecule has 118 valence electrons. The molecule has 0 fully saturated rings. The fourth-order valence-electron chi connectivity index (χ4n) is 1.47. The highest BCUT2D eigenvalue weighted by atomic mass is 32.2. The second-order valence-corrected chi connectivity index (χ2v) is 5.28. The van der Waals surface area contributed by atoms with Crippen LogP contribution in [-0.4, -0.2) is 38.7 Å². The SMILES string of the molecule is CC(=O)SCC(O)C(O)c1ccc(OC(F)(F)F)cc1O. The zero-order valence-corrected chi connectivity index (χ0v) is 11.6. The minimum Gasteiger partial charge on any atom is -0.507 e. The minimum absolute atomic E-state index is 0.114. The van der Waals surface area contributed by atoms with Gasteiger partial charge in [0.05, 0.1) is 6.10 Å². The number of aliphatic hydroxyl groups is 2. The first-order valence-electron chi connectivity index (χ1n) is 5.68. The molecule has 2 unspecified atom stereocenters. The van der Waals surface area contributed by atoms with Crippen molar-refractivity contribution in [3.8, 4) is 11.5 Å². The molecule has 0 spiro atoms. The van der Waals surface area contributed by atoms with E-state index in [0.717, 1.165) is 23.9 Å². The first-order valence-corrected chi connectivity index (χ1v) is 6.67. The van der Waals surface area contributed by atoms with Gasteiger partial charge in [0.15, 0.2) is 5.12 Å². The Hall–Kier alpha value is -1.45. The quantitative estimate of drug-likeness (QED) is 0.767. The summed E-state index contributed by atoms with van der Waals surface area (Å²) in [5.74, 6) is -1.42. The number of carbonyl (C=O) groups excluding carboxylic acids is 1. The zero-order chi connectivity index (χ0) is 16.2. The maximum atomic E-state index is 12.0. The van der Waals surface area contributed by atoms with Crippen molar-refractivity contribution in [3.05, 3.63) is 23.8 Å². The Balaban J connectivity index is 2.81. The molecule has 1 rings (SSSR count). The number of aromatic hydroxyl groups is 1. The summed E-state index contributed by atoms with van der Waals surface area (Å²) in [6, 6.07) is 2.58. The number of alkyl halides is 3. The number of carbonyl (C=O) groups is 1. The molecule has 3 N–H and O–H groups in total. The van der Waals surface area contributed by atoms with Gasteiger partial charge < -0.3 is 20.1 Å². The van der Waals surface area contributed by atoms with Gasteiger partial charge in [-0.15, -0.1) is 13.2 Å². The van der Waals surface area contributed by atoms with E-state index in [1.807, 2.05) is 0 Å². The molecule has 21 heavy (non-hydrogen) atoms. The average Bonchev–Trinajstić information content (AvgIpc) is 2.33. The van der Waals surface area contributed by atoms with E-state index in [1.165, 1.54) is 6.92 Å². The normalized spacial score (nSPS) is 14.6. The second-order valence-electron chi connectivity index (χ2n) is 4.08. The molecule has 0 aliphatic heterocycles. The number of hydrogen-bond acceptors (Lipinski definition) is 6. The lowest BCUT2D eigenvalue weighted by Gasteiger charge is -2.19. The van der Waals surface area contributed by atoms with Crippen molar-refractivity contribution in [2.75, 3.05) is 5.75 Å². The standard InChI is InChI=1S/C12H13F3O5S/c1-6(16)21-5-10(18)11(19)8-3-2-7(4-9(8)17)20-12(13,14)15/h2-4,10-11,17-19H,5H2,1H3. The Kier molecular flexibility index (Phi) is 5.87. The lowest BCUT2D eigenvalue weighted by atomic mass is 10.0. The number of thioether (sulfide) groups is 1. The maximum absolute atomic E-state index is 12.0. The van der Waals surface area contributed by atoms with Gasteiger partial charge in [0.1, 0.15) is 17.6 Å². The monoisotopic (exact) mass is 326 g/mol. The van der Waals surface area contributed by atoms with E-state index in [0.29, 0.717) is 6.07 Å². The Morgan fingerprint density at radius 1 is 1.38 bits per heavy atom. The number of benzene rings is 1. The molecule has 0 saturated heterocycles. The number of ether oxygens (including phenoxy) is 1. The molecule has 0 aromatic heterocycles. The molecule has 1 aromatic rings. The maximum Gasteiger partial charge on any atom is 0.573 e. The predicted molar refractivity (Wildman–Crippen MR) is 68.9 cm³/mol. The van der Waals surface area contributed by atoms with Gasteiger partial charge in [-0.2, -0.15) is 0 Å². The Morgan fingerprint density at radius 3 is 2.48 bits per heavy atom. The summed E-state index contributed by atoms with van der Waals surface area (Å²) in [6.45, 7) is 1.28. The number of phenolic OH excluding ortho intramolecular Hbond substituents is 1. The summed E-state index contributed by atoms with van der Waals surface area (Å²) >= 11 is 0.775. The van der Waals surface area contributed by atoms with Crippen LogP contribution in [0.4, 0.5) is 13.2 Å². The van der Waals surface area contributed by atoms with Gasteiger partial charge in [-0.3, -0.25) is 4.79 Å². The molecule has 0 saturated carbocycles. The van der Waals surface area contributed by atoms with Crippen molar-refractivity contribution in [2.24, 2.45) is 0 Å². The molecule has 0 bridgehead atoms. The summed E-state index contributed by atoms with van der Waals surface area (Å²) in [5.41, 5.74) is -0.166. The third-order valence-electron chi connectivity index (χ3n) is 2.38. The lowest BCUT2D eigenvalue weighted by molar-refractivity contribution is -0.274. The molecule has 0 amide bonds. The number of hydrogen-bond donors (Lipinski definition) is 3. The Bertz CT molecular complexity index is 506. The fourth-order valence-corrected chi connectivity index (χ4v) is 2.06. The van der Waals surface area contributed by atoms with Crippen molar-refractivity contribution in [2.45, 2.75) is 25.5 Å². The number of aliphatic hydroxyl groups excluding tert-OH is 2. The zero-order valence-electron chi connectivity index (χ0n) is 10.8. The van der Waals surface area contributed by atoms with Crippen LogP contribution in [0.1, 0.15) is 18.6 Å². The number of phenols is 1. The molecule has 0 radical (unpaired) electrons. The van der Waals surface area contributed by atoms with Gasteiger partial charge in [-0.25, -0.2) is 0 Å². The van der Waals surface area contributed by atoms with E-state index in [-0.39, 0.29) is 16.4 Å². The minimum atomic E-state index is -4.90. The third-order valence-corrected chi connectivity index (χ3v) is 3.29. The van der Waals surface area contributed by atoms with Gasteiger partial charge in [0.25, 0.3) is 0 Å². The van der Waals surface area contributed by atoms with Crippen molar-refractivity contribution < 1.29 is 38.0 Å². The van der Waals surface area contributed by atoms with Gasteiger partial charge >= 0.3 is 6.36 Å². The van der Waals surface area contributed by atoms with Crippen LogP contribution in [0.2, 0.25) is 0 Å². The molecule has 0 aliphatic carbocycles. The first-order chi connectivity index (χ1) is 9.60. The molecule has 1 aromatic carbocycles. The smallest absolute Gasteiger partial charge is 0.507 e. The molecular formula is C12H13F3O5S. The molecule has 5 nitrogen and oxygen atoms in total. The van der Waals surface area contributed by atoms with Crippen LogP contribution >= 0.6 is 11.8 Å². The van der Waals surface area contributed by atoms with E-state index in [2.05, 4.69) is 4.74 Å². The number of rotatable bonds is 5. The molecule has 9 heteroatoms. The van der Waals surface area contributed by atoms with E-state index >= 15 is 0 Å². The van der Waals surface area contributed by atoms with E-state index in [1.54, 1.807) is 0 Å². The Labute approximate surface area is 122 Å². The van der Waals surface area contributed by atoms with Crippen LogP contribution in [0.25, 0.3) is 0 Å². The van der Waals surface area contributed by atoms with Crippen LogP contribution < -0.4 is 4.74 Å². The highest BCUT2D eigenvalue weighted by Crippen LogP contribution is 2.33. The fraction of sp³-hybridized carbons (Fsp3) is 0.417. The summed E-state index contributed by atoms with van der Waals surface area (Å²) in [5, 5.41) is 28.8. The second kappa shape index (κ2) is 7.01. The van der Waals surface area contributed by atoms with Gasteiger partial charge in [-0.05, 0) is 12.1 Å². The summed E-state index contributed by atoms with van der Waals surface area (Å²) < 4.78 is 39.6. The van der Waals surface area contributed by atoms with Crippen LogP contribution in [0.15, 0.2) is 18.2 Å². The average molecular weight is 326 g/mol. The highest BCUT2D eigenvalue weighted by molar-refractivity contribution is 8.13. The summed E-state index contributed by atoms with van der Waals surface area (Å²) in [6.07, 6.45) is -7.81. The van der Waals surface area contributed by atoms with Crippen LogP contribution in [0.3, 0.4) is 0 Å². The first kappa shape index (κ1) is 17.6. The van der Waals surface area contributed by atoms with E-state index < -0.39 is 30.1 Å². The van der Waals surface area contributed by atoms with E-state index in [4.69, 9.17) is 0 Å². The highest BCUT2D eigenvalue weighted by Gasteiger charge is 2.31. The molecule has 0 aliphatic rings. The summed E-state index contributed by atoms with van der Waals surface area (Å²) in [4.78, 5) is 10.7. The molecule has 2 atom stereocenters. The molecular weight excluding hydrogens is 313 g/mol. The van der Waals surface area contributed by atoms with Gasteiger partial charge in [0, 0.05) is 24.3 Å². The van der Waals surface area contributed by atoms with E-state index in [9.17, 15) is 33.3 Å². The van der Waals surface area contributed by atoms with Crippen LogP contribution in [0, 0.1) is 0 Å². The van der Waals surface area contributed by atoms with Crippen molar-refractivity contribution in [1.29, 1.82) is 0 Å². The topological polar surface area (TPSA) is 87.0 Å². The van der Waals surface area contributed by atoms with Crippen LogP contribution in [-0.2, 0) is 4.79 Å². The number of halogens is 3. The Morgan fingerprint density at radius 2 is 2.00 bits per heavy atom. The summed E-state index contributed by atoms with van der Waals surface area (Å²) in [7, 11) is 0. The third kappa shape index (κ3) is 5.82. The van der Waals surface area contributed by atoms with Gasteiger partial charge in [-0.1, -0.05) is 11.8 Å². The van der Waals surface area contributed by atoms with Crippen LogP contribution in [0.5, 0.6) is 11.5 Å². The molecule has 0 heterocycles. The predicted octanol–water partition coefficient (Wildman–Crippen LogP) is 1.96.